The van der Waals surface area contributed by atoms with Crippen molar-refractivity contribution in [3.8, 4) is 0 Å². The quantitative estimate of drug-likeness (QED) is 0.657. The van der Waals surface area contributed by atoms with Gasteiger partial charge in [-0.1, -0.05) is 0 Å². The van der Waals surface area contributed by atoms with Crippen molar-refractivity contribution < 1.29 is 21.6 Å². The van der Waals surface area contributed by atoms with Crippen LogP contribution >= 0.6 is 0 Å². The van der Waals surface area contributed by atoms with Crippen molar-refractivity contribution in [2.45, 2.75) is 12.6 Å². The van der Waals surface area contributed by atoms with Gasteiger partial charge in [0, 0.05) is 19.2 Å². The molecule has 1 rings (SSSR count). The fourth-order valence-corrected chi connectivity index (χ4v) is 1.78. The number of aromatic nitrogens is 2. The lowest BCUT2D eigenvalue weighted by Crippen LogP contribution is -2.24. The van der Waals surface area contributed by atoms with Gasteiger partial charge in [0.05, 0.1) is 6.26 Å². The van der Waals surface area contributed by atoms with Crippen LogP contribution in [0.15, 0.2) is 6.07 Å². The molecule has 0 atom stereocenters. The zero-order valence-electron chi connectivity index (χ0n) is 10.5. The fourth-order valence-electron chi connectivity index (χ4n) is 1.26. The molecule has 0 unspecified atom stereocenters. The van der Waals surface area contributed by atoms with Gasteiger partial charge in [0.1, 0.15) is 5.82 Å². The number of hydrogen-bond acceptors (Lipinski definition) is 6. The number of halogens is 3. The van der Waals surface area contributed by atoms with Crippen LogP contribution in [-0.2, 0) is 16.2 Å². The van der Waals surface area contributed by atoms with E-state index in [1.54, 1.807) is 0 Å². The summed E-state index contributed by atoms with van der Waals surface area (Å²) in [4.78, 5) is 6.70. The number of nitrogens with two attached hydrogens (primary N) is 1. The molecule has 0 saturated carbocycles. The van der Waals surface area contributed by atoms with Crippen molar-refractivity contribution >= 4 is 21.8 Å². The number of sulfonamides is 1. The van der Waals surface area contributed by atoms with Gasteiger partial charge < -0.3 is 11.1 Å². The maximum Gasteiger partial charge on any atom is 0.433 e. The Morgan fingerprint density at radius 1 is 1.30 bits per heavy atom. The molecule has 4 N–H and O–H groups in total. The molecular weight excluding hydrogens is 299 g/mol. The van der Waals surface area contributed by atoms with E-state index in [9.17, 15) is 21.6 Å². The molecule has 0 fully saturated rings. The molecule has 11 heteroatoms. The van der Waals surface area contributed by atoms with Gasteiger partial charge in [0.2, 0.25) is 16.0 Å². The van der Waals surface area contributed by atoms with Gasteiger partial charge in [-0.3, -0.25) is 0 Å². The molecule has 0 aliphatic carbocycles. The number of nitrogen functional groups attached to an aromatic ring is 1. The van der Waals surface area contributed by atoms with Crippen LogP contribution in [0.5, 0.6) is 0 Å². The lowest BCUT2D eigenvalue weighted by atomic mass is 10.3. The molecule has 7 nitrogen and oxygen atoms in total. The molecule has 0 amide bonds. The van der Waals surface area contributed by atoms with Gasteiger partial charge in [-0.15, -0.1) is 0 Å². The predicted octanol–water partition coefficient (Wildman–Crippen LogP) is 0.429. The summed E-state index contributed by atoms with van der Waals surface area (Å²) in [5.41, 5.74) is 4.05. The highest BCUT2D eigenvalue weighted by atomic mass is 32.2. The van der Waals surface area contributed by atoms with E-state index in [-0.39, 0.29) is 18.9 Å². The van der Waals surface area contributed by atoms with E-state index in [4.69, 9.17) is 5.73 Å². The molecular formula is C9H14F3N5O2S. The number of nitrogens with one attached hydrogen (secondary N) is 2. The predicted molar refractivity (Wildman–Crippen MR) is 67.4 cm³/mol. The molecule has 20 heavy (non-hydrogen) atoms. The summed E-state index contributed by atoms with van der Waals surface area (Å²) in [7, 11) is -3.27. The summed E-state index contributed by atoms with van der Waals surface area (Å²) < 4.78 is 61.2. The van der Waals surface area contributed by atoms with Crippen molar-refractivity contribution in [2.75, 3.05) is 30.4 Å². The third-order valence-corrected chi connectivity index (χ3v) is 2.79. The molecule has 0 spiro atoms. The highest BCUT2D eigenvalue weighted by Crippen LogP contribution is 2.29. The zero-order valence-corrected chi connectivity index (χ0v) is 11.3. The molecule has 0 aliphatic rings. The molecule has 0 bridgehead atoms. The smallest absolute Gasteiger partial charge is 0.370 e. The van der Waals surface area contributed by atoms with E-state index in [1.165, 1.54) is 0 Å². The minimum atomic E-state index is -4.61. The first kappa shape index (κ1) is 16.4. The average molecular weight is 313 g/mol. The van der Waals surface area contributed by atoms with Crippen molar-refractivity contribution in [1.82, 2.24) is 14.7 Å². The minimum Gasteiger partial charge on any atom is -0.370 e. The van der Waals surface area contributed by atoms with Crippen LogP contribution in [0.1, 0.15) is 12.1 Å². The van der Waals surface area contributed by atoms with Crippen LogP contribution in [0.2, 0.25) is 0 Å². The van der Waals surface area contributed by atoms with Crippen LogP contribution in [0.4, 0.5) is 24.9 Å². The fraction of sp³-hybridized carbons (Fsp3) is 0.556. The third kappa shape index (κ3) is 6.02. The van der Waals surface area contributed by atoms with Gasteiger partial charge in [0.25, 0.3) is 0 Å². The first-order valence-corrected chi connectivity index (χ1v) is 7.37. The lowest BCUT2D eigenvalue weighted by molar-refractivity contribution is -0.141. The Labute approximate surface area is 113 Å². The molecule has 114 valence electrons. The number of nitrogens with zero attached hydrogens (tertiary/aromatic N) is 2. The lowest BCUT2D eigenvalue weighted by Gasteiger charge is -2.10. The number of rotatable bonds is 6. The van der Waals surface area contributed by atoms with E-state index in [0.717, 1.165) is 12.3 Å². The zero-order chi connectivity index (χ0) is 15.4. The molecule has 1 heterocycles. The second-order valence-electron chi connectivity index (χ2n) is 3.94. The van der Waals surface area contributed by atoms with Gasteiger partial charge >= 0.3 is 6.18 Å². The molecule has 1 aromatic rings. The van der Waals surface area contributed by atoms with Crippen molar-refractivity contribution in [3.05, 3.63) is 11.8 Å². The standard InChI is InChI=1S/C9H14F3N5O2S/c1-20(18,19)15-4-2-3-14-7-5-6(9(10,11)12)16-8(13)17-7/h5,15H,2-4H2,1H3,(H3,13,14,16,17). The van der Waals surface area contributed by atoms with E-state index < -0.39 is 27.8 Å². The topological polar surface area (TPSA) is 110 Å². The highest BCUT2D eigenvalue weighted by molar-refractivity contribution is 7.88. The maximum atomic E-state index is 12.5. The van der Waals surface area contributed by atoms with Crippen LogP contribution in [0.3, 0.4) is 0 Å². The van der Waals surface area contributed by atoms with Crippen molar-refractivity contribution in [3.63, 3.8) is 0 Å². The summed E-state index contributed by atoms with van der Waals surface area (Å²) in [5.74, 6) is -0.555. The Morgan fingerprint density at radius 3 is 2.50 bits per heavy atom. The van der Waals surface area contributed by atoms with Crippen LogP contribution < -0.4 is 15.8 Å². The SMILES string of the molecule is CS(=O)(=O)NCCCNc1cc(C(F)(F)F)nc(N)n1. The number of anilines is 2. The molecule has 0 radical (unpaired) electrons. The first-order valence-electron chi connectivity index (χ1n) is 5.48. The van der Waals surface area contributed by atoms with Crippen molar-refractivity contribution in [2.24, 2.45) is 0 Å². The van der Waals surface area contributed by atoms with Gasteiger partial charge in [-0.2, -0.15) is 18.2 Å². The normalized spacial score (nSPS) is 12.4. The monoisotopic (exact) mass is 313 g/mol. The summed E-state index contributed by atoms with van der Waals surface area (Å²) >= 11 is 0. The summed E-state index contributed by atoms with van der Waals surface area (Å²) in [6.07, 6.45) is -3.22. The van der Waals surface area contributed by atoms with Crippen LogP contribution in [-0.4, -0.2) is 37.7 Å². The van der Waals surface area contributed by atoms with Crippen molar-refractivity contribution in [1.29, 1.82) is 0 Å². The van der Waals surface area contributed by atoms with Crippen LogP contribution in [0, 0.1) is 0 Å². The van der Waals surface area contributed by atoms with Crippen LogP contribution in [0.25, 0.3) is 0 Å². The molecule has 0 aromatic carbocycles. The average Bonchev–Trinajstić information content (AvgIpc) is 2.25. The molecule has 0 aliphatic heterocycles. The molecule has 0 saturated heterocycles. The molecule has 1 aromatic heterocycles. The summed E-state index contributed by atoms with van der Waals surface area (Å²) in [6.45, 7) is 0.398. The first-order chi connectivity index (χ1) is 9.08. The van der Waals surface area contributed by atoms with E-state index in [0.29, 0.717) is 6.42 Å². The van der Waals surface area contributed by atoms with Gasteiger partial charge in [-0.25, -0.2) is 18.1 Å². The van der Waals surface area contributed by atoms with E-state index >= 15 is 0 Å². The number of hydrogen-bond donors (Lipinski definition) is 3. The number of alkyl halides is 3. The summed E-state index contributed by atoms with van der Waals surface area (Å²) in [5, 5.41) is 2.62. The highest BCUT2D eigenvalue weighted by Gasteiger charge is 2.33. The largest absolute Gasteiger partial charge is 0.433 e. The van der Waals surface area contributed by atoms with E-state index in [1.807, 2.05) is 0 Å². The van der Waals surface area contributed by atoms with Gasteiger partial charge in [-0.05, 0) is 6.42 Å². The Bertz CT molecular complexity index is 561. The summed E-state index contributed by atoms with van der Waals surface area (Å²) in [6, 6.07) is 0.736. The Hall–Kier alpha value is -1.62. The maximum absolute atomic E-state index is 12.5. The Kier molecular flexibility index (Phi) is 5.11. The second kappa shape index (κ2) is 6.22. The van der Waals surface area contributed by atoms with E-state index in [2.05, 4.69) is 20.0 Å². The van der Waals surface area contributed by atoms with Gasteiger partial charge in [0.15, 0.2) is 5.69 Å². The Balaban J connectivity index is 2.54. The Morgan fingerprint density at radius 2 is 1.95 bits per heavy atom. The third-order valence-electron chi connectivity index (χ3n) is 2.06. The second-order valence-corrected chi connectivity index (χ2v) is 5.77. The minimum absolute atomic E-state index is 0.0656.